The lowest BCUT2D eigenvalue weighted by Gasteiger charge is -2.18. The first-order valence-electron chi connectivity index (χ1n) is 5.96. The molecule has 17 heavy (non-hydrogen) atoms. The standard InChI is InChI=1S/C12H17F2N3/c1-3-15-11-9(13)6-10(14)12(16-11)17-5-4-8(2)7-17/h6,8H,3-5,7H2,1-2H3,(H,15,16). The Balaban J connectivity index is 2.29. The van der Waals surface area contributed by atoms with E-state index in [0.717, 1.165) is 25.6 Å². The molecule has 0 bridgehead atoms. The molecule has 1 fully saturated rings. The zero-order valence-corrected chi connectivity index (χ0v) is 10.1. The number of hydrogen-bond donors (Lipinski definition) is 1. The van der Waals surface area contributed by atoms with Gasteiger partial charge in [0.25, 0.3) is 0 Å². The van der Waals surface area contributed by atoms with Crippen molar-refractivity contribution in [3.8, 4) is 0 Å². The molecule has 1 aliphatic rings. The van der Waals surface area contributed by atoms with Crippen molar-refractivity contribution < 1.29 is 8.78 Å². The number of nitrogens with one attached hydrogen (secondary N) is 1. The second kappa shape index (κ2) is 4.85. The predicted molar refractivity (Wildman–Crippen MR) is 64.3 cm³/mol. The van der Waals surface area contributed by atoms with Crippen LogP contribution in [0.2, 0.25) is 0 Å². The Kier molecular flexibility index (Phi) is 3.45. The lowest BCUT2D eigenvalue weighted by atomic mass is 10.2. The molecule has 2 rings (SSSR count). The summed E-state index contributed by atoms with van der Waals surface area (Å²) in [5.74, 6) is -0.308. The van der Waals surface area contributed by atoms with E-state index in [1.807, 2.05) is 11.8 Å². The van der Waals surface area contributed by atoms with Crippen LogP contribution in [-0.4, -0.2) is 24.6 Å². The van der Waals surface area contributed by atoms with Crippen molar-refractivity contribution in [3.63, 3.8) is 0 Å². The van der Waals surface area contributed by atoms with Gasteiger partial charge in [-0.25, -0.2) is 13.8 Å². The maximum Gasteiger partial charge on any atom is 0.168 e. The minimum Gasteiger partial charge on any atom is -0.368 e. The largest absolute Gasteiger partial charge is 0.368 e. The molecular formula is C12H17F2N3. The molecule has 1 atom stereocenters. The van der Waals surface area contributed by atoms with Crippen LogP contribution in [0.25, 0.3) is 0 Å². The number of hydrogen-bond acceptors (Lipinski definition) is 3. The van der Waals surface area contributed by atoms with E-state index in [9.17, 15) is 8.78 Å². The van der Waals surface area contributed by atoms with Crippen molar-refractivity contribution in [1.29, 1.82) is 0 Å². The zero-order valence-electron chi connectivity index (χ0n) is 10.1. The third-order valence-corrected chi connectivity index (χ3v) is 2.98. The van der Waals surface area contributed by atoms with Crippen molar-refractivity contribution in [2.75, 3.05) is 29.9 Å². The van der Waals surface area contributed by atoms with Gasteiger partial charge in [-0.3, -0.25) is 0 Å². The predicted octanol–water partition coefficient (Wildman–Crippen LogP) is 2.64. The summed E-state index contributed by atoms with van der Waals surface area (Å²) < 4.78 is 27.1. The van der Waals surface area contributed by atoms with Gasteiger partial charge in [-0.1, -0.05) is 6.92 Å². The van der Waals surface area contributed by atoms with Gasteiger partial charge in [0.2, 0.25) is 0 Å². The average molecular weight is 241 g/mol. The topological polar surface area (TPSA) is 28.2 Å². The van der Waals surface area contributed by atoms with Crippen molar-refractivity contribution >= 4 is 11.6 Å². The number of anilines is 2. The summed E-state index contributed by atoms with van der Waals surface area (Å²) >= 11 is 0. The number of halogens is 2. The minimum absolute atomic E-state index is 0.128. The molecule has 0 saturated carbocycles. The lowest BCUT2D eigenvalue weighted by molar-refractivity contribution is 0.572. The molecular weight excluding hydrogens is 224 g/mol. The van der Waals surface area contributed by atoms with Crippen LogP contribution in [0, 0.1) is 17.6 Å². The van der Waals surface area contributed by atoms with E-state index in [0.29, 0.717) is 12.5 Å². The molecule has 1 aromatic rings. The van der Waals surface area contributed by atoms with E-state index in [4.69, 9.17) is 0 Å². The Morgan fingerprint density at radius 1 is 1.47 bits per heavy atom. The number of aromatic nitrogens is 1. The summed E-state index contributed by atoms with van der Waals surface area (Å²) in [6, 6.07) is 0.906. The first-order valence-corrected chi connectivity index (χ1v) is 5.96. The van der Waals surface area contributed by atoms with Gasteiger partial charge in [0.15, 0.2) is 23.3 Å². The van der Waals surface area contributed by atoms with E-state index >= 15 is 0 Å². The fourth-order valence-electron chi connectivity index (χ4n) is 2.10. The van der Waals surface area contributed by atoms with E-state index in [1.165, 1.54) is 0 Å². The molecule has 0 spiro atoms. The molecule has 1 aromatic heterocycles. The van der Waals surface area contributed by atoms with Crippen LogP contribution in [0.1, 0.15) is 20.3 Å². The Morgan fingerprint density at radius 3 is 2.82 bits per heavy atom. The van der Waals surface area contributed by atoms with Gasteiger partial charge < -0.3 is 10.2 Å². The number of nitrogens with zero attached hydrogens (tertiary/aromatic N) is 2. The molecule has 3 nitrogen and oxygen atoms in total. The summed E-state index contributed by atoms with van der Waals surface area (Å²) in [7, 11) is 0. The Bertz CT molecular complexity index is 409. The van der Waals surface area contributed by atoms with Crippen LogP contribution >= 0.6 is 0 Å². The Morgan fingerprint density at radius 2 is 2.24 bits per heavy atom. The van der Waals surface area contributed by atoms with Gasteiger partial charge in [0, 0.05) is 25.7 Å². The molecule has 0 aliphatic carbocycles. The highest BCUT2D eigenvalue weighted by Gasteiger charge is 2.24. The summed E-state index contributed by atoms with van der Waals surface area (Å²) in [4.78, 5) is 5.92. The number of pyridine rings is 1. The molecule has 1 saturated heterocycles. The fourth-order valence-corrected chi connectivity index (χ4v) is 2.10. The van der Waals surface area contributed by atoms with Gasteiger partial charge in [-0.2, -0.15) is 0 Å². The van der Waals surface area contributed by atoms with Crippen molar-refractivity contribution in [2.45, 2.75) is 20.3 Å². The summed E-state index contributed by atoms with van der Waals surface area (Å²) in [6.45, 7) is 6.09. The van der Waals surface area contributed by atoms with Crippen LogP contribution in [0.3, 0.4) is 0 Å². The fraction of sp³-hybridized carbons (Fsp3) is 0.583. The quantitative estimate of drug-likeness (QED) is 0.881. The normalized spacial score (nSPS) is 19.8. The monoisotopic (exact) mass is 241 g/mol. The molecule has 1 aliphatic heterocycles. The molecule has 1 unspecified atom stereocenters. The Hall–Kier alpha value is -1.39. The summed E-state index contributed by atoms with van der Waals surface area (Å²) in [5.41, 5.74) is 0. The molecule has 0 aromatic carbocycles. The lowest BCUT2D eigenvalue weighted by Crippen LogP contribution is -2.22. The smallest absolute Gasteiger partial charge is 0.168 e. The van der Waals surface area contributed by atoms with Gasteiger partial charge in [0.1, 0.15) is 0 Å². The molecule has 2 heterocycles. The van der Waals surface area contributed by atoms with E-state index in [2.05, 4.69) is 17.2 Å². The second-order valence-electron chi connectivity index (χ2n) is 4.49. The highest BCUT2D eigenvalue weighted by atomic mass is 19.1. The van der Waals surface area contributed by atoms with Crippen LogP contribution in [-0.2, 0) is 0 Å². The highest BCUT2D eigenvalue weighted by molar-refractivity contribution is 5.49. The average Bonchev–Trinajstić information content (AvgIpc) is 2.69. The maximum atomic E-state index is 13.7. The molecule has 5 heteroatoms. The number of rotatable bonds is 3. The van der Waals surface area contributed by atoms with Crippen molar-refractivity contribution in [3.05, 3.63) is 17.7 Å². The first-order chi connectivity index (χ1) is 8.11. The second-order valence-corrected chi connectivity index (χ2v) is 4.49. The summed E-state index contributed by atoms with van der Waals surface area (Å²) in [6.07, 6.45) is 1.02. The molecule has 0 radical (unpaired) electrons. The van der Waals surface area contributed by atoms with E-state index in [1.54, 1.807) is 0 Å². The molecule has 1 N–H and O–H groups in total. The summed E-state index contributed by atoms with van der Waals surface area (Å²) in [5, 5.41) is 2.80. The van der Waals surface area contributed by atoms with Crippen LogP contribution < -0.4 is 10.2 Å². The van der Waals surface area contributed by atoms with Gasteiger partial charge in [-0.05, 0) is 19.3 Å². The molecule has 0 amide bonds. The third kappa shape index (κ3) is 2.48. The van der Waals surface area contributed by atoms with E-state index < -0.39 is 11.6 Å². The van der Waals surface area contributed by atoms with Crippen LogP contribution in [0.4, 0.5) is 20.4 Å². The first kappa shape index (κ1) is 12.1. The van der Waals surface area contributed by atoms with Crippen LogP contribution in [0.5, 0.6) is 0 Å². The third-order valence-electron chi connectivity index (χ3n) is 2.98. The van der Waals surface area contributed by atoms with Crippen molar-refractivity contribution in [1.82, 2.24) is 4.98 Å². The zero-order chi connectivity index (χ0) is 12.4. The maximum absolute atomic E-state index is 13.7. The SMILES string of the molecule is CCNc1nc(N2CCC(C)C2)c(F)cc1F. The van der Waals surface area contributed by atoms with Crippen LogP contribution in [0.15, 0.2) is 6.07 Å². The highest BCUT2D eigenvalue weighted by Crippen LogP contribution is 2.27. The van der Waals surface area contributed by atoms with Gasteiger partial charge >= 0.3 is 0 Å². The minimum atomic E-state index is -0.639. The van der Waals surface area contributed by atoms with Gasteiger partial charge in [-0.15, -0.1) is 0 Å². The van der Waals surface area contributed by atoms with Gasteiger partial charge in [0.05, 0.1) is 0 Å². The van der Waals surface area contributed by atoms with E-state index in [-0.39, 0.29) is 11.6 Å². The molecule has 94 valence electrons. The van der Waals surface area contributed by atoms with Crippen molar-refractivity contribution in [2.24, 2.45) is 5.92 Å². The Labute approximate surface area is 99.8 Å².